The van der Waals surface area contributed by atoms with Crippen molar-refractivity contribution in [3.63, 3.8) is 0 Å². The SMILES string of the molecule is CCCCC/C=C\C/C=C\CCCCCCCCOCC(COP(=O)(O)OCCN)OC(=O)CCCCCCC/C=C\C/C=C\CCCCCC. The van der Waals surface area contributed by atoms with E-state index in [1.807, 2.05) is 0 Å². The van der Waals surface area contributed by atoms with Crippen LogP contribution in [0.2, 0.25) is 0 Å². The first-order valence-electron chi connectivity index (χ1n) is 20.6. The smallest absolute Gasteiger partial charge is 0.457 e. The molecule has 8 nitrogen and oxygen atoms in total. The van der Waals surface area contributed by atoms with Crippen molar-refractivity contribution in [2.24, 2.45) is 5.73 Å². The molecule has 298 valence electrons. The van der Waals surface area contributed by atoms with Gasteiger partial charge in [-0.2, -0.15) is 0 Å². The average Bonchev–Trinajstić information content (AvgIpc) is 3.12. The van der Waals surface area contributed by atoms with Gasteiger partial charge in [-0.1, -0.05) is 140 Å². The molecule has 0 aliphatic rings. The van der Waals surface area contributed by atoms with Gasteiger partial charge >= 0.3 is 13.8 Å². The van der Waals surface area contributed by atoms with Gasteiger partial charge in [0.05, 0.1) is 19.8 Å². The van der Waals surface area contributed by atoms with Crippen LogP contribution in [0.3, 0.4) is 0 Å². The fraction of sp³-hybridized carbons (Fsp3) is 0.786. The topological polar surface area (TPSA) is 117 Å². The van der Waals surface area contributed by atoms with Crippen molar-refractivity contribution in [2.75, 3.05) is 33.0 Å². The molecule has 0 bridgehead atoms. The van der Waals surface area contributed by atoms with Crippen LogP contribution in [-0.4, -0.2) is 49.9 Å². The Labute approximate surface area is 313 Å². The molecule has 0 aliphatic heterocycles. The van der Waals surface area contributed by atoms with Gasteiger partial charge in [-0.15, -0.1) is 0 Å². The van der Waals surface area contributed by atoms with E-state index < -0.39 is 13.9 Å². The van der Waals surface area contributed by atoms with E-state index in [0.717, 1.165) is 77.0 Å². The van der Waals surface area contributed by atoms with Crippen LogP contribution >= 0.6 is 7.82 Å². The highest BCUT2D eigenvalue weighted by atomic mass is 31.2. The first-order chi connectivity index (χ1) is 24.9. The number of carbonyl (C=O) groups is 1. The standard InChI is InChI=1S/C42H78NO7P/c1-3-5-7-9-11-13-15-17-19-21-23-25-27-29-31-33-35-42(44)50-41(40-49-51(45,46)48-38-36-43)39-47-37-34-32-30-28-26-24-22-20-18-16-14-12-10-8-6-4-2/h12-15,18-21,41H,3-11,16-17,22-40,43H2,1-2H3,(H,45,46)/b14-12-,15-13-,20-18-,21-19-. The zero-order valence-electron chi connectivity index (χ0n) is 32.8. The van der Waals surface area contributed by atoms with Crippen LogP contribution < -0.4 is 5.73 Å². The summed E-state index contributed by atoms with van der Waals surface area (Å²) >= 11 is 0. The van der Waals surface area contributed by atoms with E-state index in [2.05, 4.69) is 62.5 Å². The average molecular weight is 740 g/mol. The summed E-state index contributed by atoms with van der Waals surface area (Å²) in [4.78, 5) is 22.4. The van der Waals surface area contributed by atoms with E-state index in [0.29, 0.717) is 13.0 Å². The van der Waals surface area contributed by atoms with Crippen molar-refractivity contribution >= 4 is 13.8 Å². The van der Waals surface area contributed by atoms with Gasteiger partial charge in [-0.25, -0.2) is 4.57 Å². The number of hydrogen-bond acceptors (Lipinski definition) is 7. The van der Waals surface area contributed by atoms with E-state index in [-0.39, 0.29) is 32.3 Å². The molecule has 0 aromatic rings. The van der Waals surface area contributed by atoms with Gasteiger partial charge in [-0.3, -0.25) is 13.8 Å². The van der Waals surface area contributed by atoms with Crippen molar-refractivity contribution in [3.8, 4) is 0 Å². The Morgan fingerprint density at radius 2 is 1.04 bits per heavy atom. The fourth-order valence-electron chi connectivity index (χ4n) is 5.41. The number of allylic oxidation sites excluding steroid dienone is 8. The van der Waals surface area contributed by atoms with E-state index in [4.69, 9.17) is 24.3 Å². The largest absolute Gasteiger partial charge is 0.472 e. The van der Waals surface area contributed by atoms with Gasteiger partial charge in [-0.05, 0) is 77.0 Å². The summed E-state index contributed by atoms with van der Waals surface area (Å²) in [6.45, 7) is 4.83. The molecule has 0 saturated carbocycles. The highest BCUT2D eigenvalue weighted by molar-refractivity contribution is 7.47. The second-order valence-corrected chi connectivity index (χ2v) is 14.9. The maximum atomic E-state index is 12.6. The second-order valence-electron chi connectivity index (χ2n) is 13.5. The Bertz CT molecular complexity index is 921. The first-order valence-corrected chi connectivity index (χ1v) is 22.1. The maximum Gasteiger partial charge on any atom is 0.472 e. The second kappa shape index (κ2) is 39.7. The van der Waals surface area contributed by atoms with Crippen molar-refractivity contribution in [3.05, 3.63) is 48.6 Å². The Hall–Kier alpha value is -1.54. The van der Waals surface area contributed by atoms with Crippen molar-refractivity contribution < 1.29 is 32.8 Å². The van der Waals surface area contributed by atoms with Crippen LogP contribution in [0.15, 0.2) is 48.6 Å². The molecule has 0 radical (unpaired) electrons. The molecule has 2 atom stereocenters. The van der Waals surface area contributed by atoms with Gasteiger partial charge in [0.2, 0.25) is 0 Å². The summed E-state index contributed by atoms with van der Waals surface area (Å²) in [5.74, 6) is -0.349. The zero-order valence-corrected chi connectivity index (χ0v) is 33.7. The van der Waals surface area contributed by atoms with E-state index in [1.54, 1.807) is 0 Å². The van der Waals surface area contributed by atoms with Crippen LogP contribution in [-0.2, 0) is 27.9 Å². The molecule has 0 heterocycles. The summed E-state index contributed by atoms with van der Waals surface area (Å²) in [5.41, 5.74) is 5.36. The lowest BCUT2D eigenvalue weighted by molar-refractivity contribution is -0.154. The van der Waals surface area contributed by atoms with E-state index in [1.165, 1.54) is 77.0 Å². The molecule has 0 aromatic carbocycles. The third kappa shape index (κ3) is 39.5. The lowest BCUT2D eigenvalue weighted by Gasteiger charge is -2.20. The number of unbranched alkanes of at least 4 members (excludes halogenated alkanes) is 18. The van der Waals surface area contributed by atoms with Crippen LogP contribution in [0, 0.1) is 0 Å². The molecule has 0 amide bonds. The molecule has 0 saturated heterocycles. The molecular formula is C42H78NO7P. The van der Waals surface area contributed by atoms with Crippen molar-refractivity contribution in [1.82, 2.24) is 0 Å². The molecular weight excluding hydrogens is 661 g/mol. The van der Waals surface area contributed by atoms with Crippen molar-refractivity contribution in [1.29, 1.82) is 0 Å². The minimum atomic E-state index is -4.28. The van der Waals surface area contributed by atoms with Gasteiger partial charge in [0.1, 0.15) is 6.10 Å². The third-order valence-electron chi connectivity index (χ3n) is 8.47. The minimum absolute atomic E-state index is 0.0945. The first kappa shape index (κ1) is 49.5. The molecule has 9 heteroatoms. The van der Waals surface area contributed by atoms with Crippen LogP contribution in [0.1, 0.15) is 174 Å². The lowest BCUT2D eigenvalue weighted by atomic mass is 10.1. The van der Waals surface area contributed by atoms with Gasteiger partial charge in [0.15, 0.2) is 0 Å². The Morgan fingerprint density at radius 1 is 0.588 bits per heavy atom. The third-order valence-corrected chi connectivity index (χ3v) is 9.45. The van der Waals surface area contributed by atoms with Gasteiger partial charge < -0.3 is 20.1 Å². The lowest BCUT2D eigenvalue weighted by Crippen LogP contribution is -2.28. The van der Waals surface area contributed by atoms with E-state index in [9.17, 15) is 14.3 Å². The molecule has 0 fully saturated rings. The summed E-state index contributed by atoms with van der Waals surface area (Å²) in [6.07, 6.45) is 45.5. The normalized spacial score (nSPS) is 14.0. The molecule has 51 heavy (non-hydrogen) atoms. The summed E-state index contributed by atoms with van der Waals surface area (Å²) < 4.78 is 33.4. The number of hydrogen-bond donors (Lipinski definition) is 2. The Morgan fingerprint density at radius 3 is 1.57 bits per heavy atom. The fourth-order valence-corrected chi connectivity index (χ4v) is 6.17. The molecule has 0 aliphatic carbocycles. The van der Waals surface area contributed by atoms with Crippen LogP contribution in [0.5, 0.6) is 0 Å². The predicted molar refractivity (Wildman–Crippen MR) is 215 cm³/mol. The van der Waals surface area contributed by atoms with E-state index >= 15 is 0 Å². The predicted octanol–water partition coefficient (Wildman–Crippen LogP) is 12.0. The number of carbonyl (C=O) groups excluding carboxylic acids is 1. The molecule has 0 rings (SSSR count). The maximum absolute atomic E-state index is 12.6. The number of ether oxygens (including phenoxy) is 2. The minimum Gasteiger partial charge on any atom is -0.457 e. The van der Waals surface area contributed by atoms with Crippen LogP contribution in [0.25, 0.3) is 0 Å². The summed E-state index contributed by atoms with van der Waals surface area (Å²) in [5, 5.41) is 0. The molecule has 3 N–H and O–H groups in total. The van der Waals surface area contributed by atoms with Gasteiger partial charge in [0, 0.05) is 19.6 Å². The van der Waals surface area contributed by atoms with Crippen LogP contribution in [0.4, 0.5) is 0 Å². The number of nitrogens with two attached hydrogens (primary N) is 1. The molecule has 0 aromatic heterocycles. The highest BCUT2D eigenvalue weighted by Crippen LogP contribution is 2.43. The molecule has 2 unspecified atom stereocenters. The summed E-state index contributed by atoms with van der Waals surface area (Å²) in [6, 6.07) is 0. The number of phosphoric ester groups is 1. The quantitative estimate of drug-likeness (QED) is 0.0277. The van der Waals surface area contributed by atoms with Gasteiger partial charge in [0.25, 0.3) is 0 Å². The zero-order chi connectivity index (χ0) is 37.4. The highest BCUT2D eigenvalue weighted by Gasteiger charge is 2.25. The Balaban J connectivity index is 4.11. The monoisotopic (exact) mass is 740 g/mol. The number of esters is 1. The van der Waals surface area contributed by atoms with Crippen molar-refractivity contribution in [2.45, 2.75) is 180 Å². The number of rotatable bonds is 39. The molecule has 0 spiro atoms. The Kier molecular flexibility index (Phi) is 38.5. The number of phosphoric acid groups is 1. The summed E-state index contributed by atoms with van der Waals surface area (Å²) in [7, 11) is -4.28.